The van der Waals surface area contributed by atoms with Gasteiger partial charge in [0.1, 0.15) is 28.4 Å². The van der Waals surface area contributed by atoms with E-state index in [2.05, 4.69) is 30.5 Å². The zero-order chi connectivity index (χ0) is 28.6. The van der Waals surface area contributed by atoms with Crippen molar-refractivity contribution in [2.45, 2.75) is 6.42 Å². The van der Waals surface area contributed by atoms with Crippen molar-refractivity contribution in [2.75, 3.05) is 5.32 Å². The van der Waals surface area contributed by atoms with Gasteiger partial charge in [0, 0.05) is 29.4 Å². The molecule has 0 radical (unpaired) electrons. The summed E-state index contributed by atoms with van der Waals surface area (Å²) in [7, 11) is 0. The Balaban J connectivity index is 1.22. The van der Waals surface area contributed by atoms with E-state index in [1.54, 1.807) is 24.7 Å². The SMILES string of the molecule is O=C(Cc1ccccc1)Nc1cncc(-c2ccc3[nH]nc(-c4cc5c(-c6cc(O)cc(F)c6)ccnc5[nH]4)c3n2)c1. The Morgan fingerprint density at radius 2 is 1.83 bits per heavy atom. The minimum absolute atomic E-state index is 0.138. The summed E-state index contributed by atoms with van der Waals surface area (Å²) in [5, 5.41) is 21.1. The largest absolute Gasteiger partial charge is 0.508 e. The number of hydrogen-bond acceptors (Lipinski definition) is 6. The second-order valence-corrected chi connectivity index (χ2v) is 9.84. The van der Waals surface area contributed by atoms with Crippen LogP contribution < -0.4 is 5.32 Å². The molecule has 0 bridgehead atoms. The van der Waals surface area contributed by atoms with E-state index in [1.165, 1.54) is 12.1 Å². The van der Waals surface area contributed by atoms with Gasteiger partial charge < -0.3 is 15.4 Å². The van der Waals surface area contributed by atoms with Crippen LogP contribution in [0.4, 0.5) is 10.1 Å². The lowest BCUT2D eigenvalue weighted by molar-refractivity contribution is -0.115. The van der Waals surface area contributed by atoms with E-state index in [4.69, 9.17) is 4.98 Å². The number of nitrogens with one attached hydrogen (secondary N) is 3. The van der Waals surface area contributed by atoms with Crippen molar-refractivity contribution in [3.05, 3.63) is 109 Å². The van der Waals surface area contributed by atoms with Gasteiger partial charge in [0.15, 0.2) is 0 Å². The number of phenols is 1. The maximum atomic E-state index is 14.0. The number of aromatic nitrogens is 6. The van der Waals surface area contributed by atoms with Crippen molar-refractivity contribution >= 4 is 33.7 Å². The predicted molar refractivity (Wildman–Crippen MR) is 158 cm³/mol. The number of carbonyl (C=O) groups is 1. The fourth-order valence-corrected chi connectivity index (χ4v) is 5.02. The average Bonchev–Trinajstić information content (AvgIpc) is 3.61. The smallest absolute Gasteiger partial charge is 0.228 e. The molecule has 0 aliphatic carbocycles. The van der Waals surface area contributed by atoms with Crippen molar-refractivity contribution < 1.29 is 14.3 Å². The molecule has 4 N–H and O–H groups in total. The third-order valence-electron chi connectivity index (χ3n) is 6.91. The first-order valence-corrected chi connectivity index (χ1v) is 13.1. The number of rotatable bonds is 6. The number of fused-ring (bicyclic) bond motifs is 2. The molecule has 0 aliphatic rings. The second kappa shape index (κ2) is 10.3. The van der Waals surface area contributed by atoms with Crippen molar-refractivity contribution in [3.8, 4) is 39.5 Å². The van der Waals surface area contributed by atoms with Crippen LogP contribution in [0.2, 0.25) is 0 Å². The van der Waals surface area contributed by atoms with Crippen LogP contribution in [0.5, 0.6) is 5.75 Å². The van der Waals surface area contributed by atoms with Crippen LogP contribution in [0.15, 0.2) is 97.5 Å². The van der Waals surface area contributed by atoms with Gasteiger partial charge >= 0.3 is 0 Å². The van der Waals surface area contributed by atoms with E-state index < -0.39 is 5.82 Å². The summed E-state index contributed by atoms with van der Waals surface area (Å²) in [4.78, 5) is 29.5. The third-order valence-corrected chi connectivity index (χ3v) is 6.91. The summed E-state index contributed by atoms with van der Waals surface area (Å²) in [6, 6.07) is 22.7. The Kier molecular flexibility index (Phi) is 6.12. The van der Waals surface area contributed by atoms with Gasteiger partial charge in [0.25, 0.3) is 0 Å². The van der Waals surface area contributed by atoms with E-state index in [1.807, 2.05) is 54.6 Å². The molecule has 9 nitrogen and oxygen atoms in total. The van der Waals surface area contributed by atoms with Crippen molar-refractivity contribution in [1.82, 2.24) is 30.1 Å². The monoisotopic (exact) mass is 555 g/mol. The molecule has 5 heterocycles. The lowest BCUT2D eigenvalue weighted by atomic mass is 10.0. The molecule has 1 amide bonds. The summed E-state index contributed by atoms with van der Waals surface area (Å²) < 4.78 is 14.0. The number of H-pyrrole nitrogens is 2. The van der Waals surface area contributed by atoms with E-state index in [0.717, 1.165) is 28.1 Å². The molecule has 42 heavy (non-hydrogen) atoms. The molecule has 0 aliphatic heterocycles. The zero-order valence-corrected chi connectivity index (χ0v) is 22.0. The standard InChI is InChI=1S/C32H22FN7O2/c33-21-11-19(13-23(41)14-21)24-8-9-35-32-25(24)15-28(38-32)31-30-27(39-40-31)7-6-26(37-30)20-12-22(17-34-16-20)36-29(42)10-18-4-2-1-3-5-18/h1-9,11-17,41H,10H2,(H,35,38)(H,36,42)(H,39,40). The lowest BCUT2D eigenvalue weighted by Gasteiger charge is -2.07. The summed E-state index contributed by atoms with van der Waals surface area (Å²) in [6.07, 6.45) is 5.17. The molecular formula is C32H22FN7O2. The number of nitrogens with zero attached hydrogens (tertiary/aromatic N) is 4. The molecule has 5 aromatic heterocycles. The average molecular weight is 556 g/mol. The summed E-state index contributed by atoms with van der Waals surface area (Å²) in [5.41, 5.74) is 7.31. The van der Waals surface area contributed by atoms with Crippen LogP contribution in [-0.2, 0) is 11.2 Å². The maximum absolute atomic E-state index is 14.0. The number of phenolic OH excluding ortho intramolecular Hbond substituents is 1. The quantitative estimate of drug-likeness (QED) is 0.192. The van der Waals surface area contributed by atoms with Crippen LogP contribution in [0, 0.1) is 5.82 Å². The first-order chi connectivity index (χ1) is 20.5. The Bertz CT molecular complexity index is 2080. The highest BCUT2D eigenvalue weighted by atomic mass is 19.1. The van der Waals surface area contributed by atoms with Gasteiger partial charge in [-0.25, -0.2) is 14.4 Å². The summed E-state index contributed by atoms with van der Waals surface area (Å²) >= 11 is 0. The number of aromatic hydroxyl groups is 1. The van der Waals surface area contributed by atoms with E-state index in [9.17, 15) is 14.3 Å². The van der Waals surface area contributed by atoms with E-state index in [0.29, 0.717) is 45.1 Å². The van der Waals surface area contributed by atoms with Crippen molar-refractivity contribution in [2.24, 2.45) is 0 Å². The first-order valence-electron chi connectivity index (χ1n) is 13.1. The number of benzene rings is 2. The fraction of sp³-hybridized carbons (Fsp3) is 0.0312. The van der Waals surface area contributed by atoms with Crippen LogP contribution in [-0.4, -0.2) is 41.1 Å². The molecule has 204 valence electrons. The number of aromatic amines is 2. The number of amides is 1. The highest BCUT2D eigenvalue weighted by Gasteiger charge is 2.17. The predicted octanol–water partition coefficient (Wildman–Crippen LogP) is 6.26. The Morgan fingerprint density at radius 1 is 0.952 bits per heavy atom. The van der Waals surface area contributed by atoms with Gasteiger partial charge in [0.2, 0.25) is 5.91 Å². The molecule has 2 aromatic carbocycles. The van der Waals surface area contributed by atoms with Crippen LogP contribution in [0.3, 0.4) is 0 Å². The molecule has 0 saturated carbocycles. The molecule has 0 spiro atoms. The Labute approximate surface area is 238 Å². The number of carbonyl (C=O) groups excluding carboxylic acids is 1. The van der Waals surface area contributed by atoms with E-state index in [-0.39, 0.29) is 18.1 Å². The normalized spacial score (nSPS) is 11.3. The van der Waals surface area contributed by atoms with Gasteiger partial charge in [-0.3, -0.25) is 14.9 Å². The number of halogens is 1. The van der Waals surface area contributed by atoms with E-state index >= 15 is 0 Å². The molecule has 7 aromatic rings. The second-order valence-electron chi connectivity index (χ2n) is 9.84. The first kappa shape index (κ1) is 25.1. The third kappa shape index (κ3) is 4.81. The maximum Gasteiger partial charge on any atom is 0.228 e. The highest BCUT2D eigenvalue weighted by Crippen LogP contribution is 2.34. The molecule has 7 rings (SSSR count). The molecule has 0 saturated heterocycles. The summed E-state index contributed by atoms with van der Waals surface area (Å²) in [5.74, 6) is -0.828. The van der Waals surface area contributed by atoms with Gasteiger partial charge in [-0.05, 0) is 59.2 Å². The van der Waals surface area contributed by atoms with Gasteiger partial charge in [0.05, 0.1) is 35.2 Å². The number of pyridine rings is 3. The molecule has 0 atom stereocenters. The number of anilines is 1. The summed E-state index contributed by atoms with van der Waals surface area (Å²) in [6.45, 7) is 0. The van der Waals surface area contributed by atoms with Crippen LogP contribution >= 0.6 is 0 Å². The van der Waals surface area contributed by atoms with Crippen molar-refractivity contribution in [1.29, 1.82) is 0 Å². The Hall–Kier alpha value is -5.90. The van der Waals surface area contributed by atoms with Crippen LogP contribution in [0.25, 0.3) is 55.8 Å². The zero-order valence-electron chi connectivity index (χ0n) is 22.0. The van der Waals surface area contributed by atoms with Gasteiger partial charge in [-0.1, -0.05) is 30.3 Å². The molecule has 0 unspecified atom stereocenters. The minimum atomic E-state index is -0.532. The Morgan fingerprint density at radius 3 is 2.69 bits per heavy atom. The topological polar surface area (TPSA) is 132 Å². The van der Waals surface area contributed by atoms with Gasteiger partial charge in [-0.2, -0.15) is 5.10 Å². The number of hydrogen-bond donors (Lipinski definition) is 4. The fourth-order valence-electron chi connectivity index (χ4n) is 5.02. The van der Waals surface area contributed by atoms with Crippen LogP contribution in [0.1, 0.15) is 5.56 Å². The minimum Gasteiger partial charge on any atom is -0.508 e. The molecule has 10 heteroatoms. The van der Waals surface area contributed by atoms with Crippen molar-refractivity contribution in [3.63, 3.8) is 0 Å². The molecular weight excluding hydrogens is 533 g/mol. The molecule has 0 fully saturated rings. The van der Waals surface area contributed by atoms with Gasteiger partial charge in [-0.15, -0.1) is 0 Å². The lowest BCUT2D eigenvalue weighted by Crippen LogP contribution is -2.14. The highest BCUT2D eigenvalue weighted by molar-refractivity contribution is 5.99.